The quantitative estimate of drug-likeness (QED) is 0.852. The molecule has 1 atom stereocenters. The molecule has 0 spiro atoms. The van der Waals surface area contributed by atoms with Crippen molar-refractivity contribution in [3.8, 4) is 5.75 Å². The number of nitrogens with two attached hydrogens (primary N) is 1. The molecule has 1 aliphatic rings. The first-order chi connectivity index (χ1) is 9.20. The number of hydrogen-bond donors (Lipinski definition) is 1. The minimum absolute atomic E-state index is 0.406. The third-order valence-corrected chi connectivity index (χ3v) is 4.82. The number of rotatable bonds is 2. The Bertz CT molecular complexity index is 594. The SMILES string of the molecule is COc1cc(N2CCc3sccc3C2C)ccc1N. The van der Waals surface area contributed by atoms with Crippen LogP contribution in [0, 0.1) is 0 Å². The van der Waals surface area contributed by atoms with E-state index in [0.717, 1.165) is 18.7 Å². The molecule has 100 valence electrons. The van der Waals surface area contributed by atoms with E-state index in [1.165, 1.54) is 16.1 Å². The van der Waals surface area contributed by atoms with E-state index in [4.69, 9.17) is 10.5 Å². The fourth-order valence-electron chi connectivity index (χ4n) is 2.74. The molecular weight excluding hydrogens is 256 g/mol. The topological polar surface area (TPSA) is 38.5 Å². The summed E-state index contributed by atoms with van der Waals surface area (Å²) < 4.78 is 5.32. The Balaban J connectivity index is 1.95. The highest BCUT2D eigenvalue weighted by molar-refractivity contribution is 7.10. The lowest BCUT2D eigenvalue weighted by Crippen LogP contribution is -2.33. The van der Waals surface area contributed by atoms with Crippen LogP contribution < -0.4 is 15.4 Å². The van der Waals surface area contributed by atoms with Gasteiger partial charge in [0.25, 0.3) is 0 Å². The van der Waals surface area contributed by atoms with Crippen LogP contribution >= 0.6 is 11.3 Å². The summed E-state index contributed by atoms with van der Waals surface area (Å²) in [7, 11) is 1.66. The average Bonchev–Trinajstić information content (AvgIpc) is 2.89. The van der Waals surface area contributed by atoms with Crippen LogP contribution in [0.25, 0.3) is 0 Å². The fraction of sp³-hybridized carbons (Fsp3) is 0.333. The van der Waals surface area contributed by atoms with Crippen molar-refractivity contribution in [2.75, 3.05) is 24.3 Å². The van der Waals surface area contributed by atoms with Crippen LogP contribution in [0.4, 0.5) is 11.4 Å². The minimum atomic E-state index is 0.406. The number of hydrogen-bond acceptors (Lipinski definition) is 4. The molecule has 19 heavy (non-hydrogen) atoms. The number of anilines is 2. The van der Waals surface area contributed by atoms with Crippen molar-refractivity contribution < 1.29 is 4.74 Å². The first kappa shape index (κ1) is 12.4. The molecule has 0 saturated carbocycles. The second-order valence-corrected chi connectivity index (χ2v) is 5.85. The molecule has 2 N–H and O–H groups in total. The highest BCUT2D eigenvalue weighted by Crippen LogP contribution is 2.37. The summed E-state index contributed by atoms with van der Waals surface area (Å²) in [5.41, 5.74) is 9.20. The van der Waals surface area contributed by atoms with Gasteiger partial charge >= 0.3 is 0 Å². The lowest BCUT2D eigenvalue weighted by Gasteiger charge is -2.35. The van der Waals surface area contributed by atoms with Gasteiger partial charge in [0.2, 0.25) is 0 Å². The summed E-state index contributed by atoms with van der Waals surface area (Å²) in [5.74, 6) is 0.751. The maximum absolute atomic E-state index is 5.88. The molecule has 1 aliphatic heterocycles. The fourth-order valence-corrected chi connectivity index (χ4v) is 3.70. The molecule has 1 unspecified atom stereocenters. The average molecular weight is 274 g/mol. The van der Waals surface area contributed by atoms with Crippen LogP contribution in [0.3, 0.4) is 0 Å². The molecular formula is C15H18N2OS. The number of benzene rings is 1. The van der Waals surface area contributed by atoms with Crippen molar-refractivity contribution in [1.82, 2.24) is 0 Å². The van der Waals surface area contributed by atoms with Crippen LogP contribution in [0.15, 0.2) is 29.6 Å². The number of methoxy groups -OCH3 is 1. The lowest BCUT2D eigenvalue weighted by molar-refractivity contribution is 0.417. The maximum atomic E-state index is 5.88. The number of nitrogen functional groups attached to an aromatic ring is 1. The number of nitrogens with zero attached hydrogens (tertiary/aromatic N) is 1. The zero-order chi connectivity index (χ0) is 13.4. The predicted molar refractivity (Wildman–Crippen MR) is 81.2 cm³/mol. The Kier molecular flexibility index (Phi) is 3.11. The first-order valence-electron chi connectivity index (χ1n) is 6.47. The van der Waals surface area contributed by atoms with Gasteiger partial charge in [0, 0.05) is 23.2 Å². The van der Waals surface area contributed by atoms with Crippen molar-refractivity contribution in [2.24, 2.45) is 0 Å². The summed E-state index contributed by atoms with van der Waals surface area (Å²) >= 11 is 1.87. The van der Waals surface area contributed by atoms with Crippen molar-refractivity contribution in [3.05, 3.63) is 40.1 Å². The van der Waals surface area contributed by atoms with E-state index >= 15 is 0 Å². The molecule has 0 amide bonds. The van der Waals surface area contributed by atoms with Gasteiger partial charge < -0.3 is 15.4 Å². The second kappa shape index (κ2) is 4.78. The molecule has 0 saturated heterocycles. The van der Waals surface area contributed by atoms with Crippen molar-refractivity contribution >= 4 is 22.7 Å². The van der Waals surface area contributed by atoms with Gasteiger partial charge in [-0.25, -0.2) is 0 Å². The Hall–Kier alpha value is -1.68. The van der Waals surface area contributed by atoms with E-state index in [9.17, 15) is 0 Å². The van der Waals surface area contributed by atoms with Crippen molar-refractivity contribution in [3.63, 3.8) is 0 Å². The van der Waals surface area contributed by atoms with Gasteiger partial charge in [-0.1, -0.05) is 0 Å². The zero-order valence-electron chi connectivity index (χ0n) is 11.2. The van der Waals surface area contributed by atoms with E-state index in [2.05, 4.69) is 29.3 Å². The molecule has 4 heteroatoms. The minimum Gasteiger partial charge on any atom is -0.495 e. The normalized spacial score (nSPS) is 18.2. The molecule has 0 aliphatic carbocycles. The molecule has 0 radical (unpaired) electrons. The molecule has 3 rings (SSSR count). The highest BCUT2D eigenvalue weighted by atomic mass is 32.1. The van der Waals surface area contributed by atoms with Gasteiger partial charge in [-0.05, 0) is 42.5 Å². The van der Waals surface area contributed by atoms with Crippen molar-refractivity contribution in [2.45, 2.75) is 19.4 Å². The molecule has 1 aromatic carbocycles. The first-order valence-corrected chi connectivity index (χ1v) is 7.35. The Labute approximate surface area is 117 Å². The third kappa shape index (κ3) is 2.06. The summed E-state index contributed by atoms with van der Waals surface area (Å²) in [6, 6.07) is 8.67. The standard InChI is InChI=1S/C15H18N2OS/c1-10-12-6-8-19-15(12)5-7-17(10)11-3-4-13(16)14(9-11)18-2/h3-4,6,8-10H,5,7,16H2,1-2H3. The van der Waals surface area contributed by atoms with Crippen LogP contribution in [0.1, 0.15) is 23.4 Å². The van der Waals surface area contributed by atoms with Crippen molar-refractivity contribution in [1.29, 1.82) is 0 Å². The van der Waals surface area contributed by atoms with Crippen LogP contribution in [-0.4, -0.2) is 13.7 Å². The smallest absolute Gasteiger partial charge is 0.143 e. The van der Waals surface area contributed by atoms with Gasteiger partial charge in [0.1, 0.15) is 5.75 Å². The van der Waals surface area contributed by atoms with E-state index in [1.54, 1.807) is 7.11 Å². The monoisotopic (exact) mass is 274 g/mol. The van der Waals surface area contributed by atoms with Gasteiger partial charge in [0.15, 0.2) is 0 Å². The van der Waals surface area contributed by atoms with E-state index < -0.39 is 0 Å². The van der Waals surface area contributed by atoms with E-state index in [1.807, 2.05) is 23.5 Å². The molecule has 2 heterocycles. The van der Waals surface area contributed by atoms with E-state index in [-0.39, 0.29) is 0 Å². The molecule has 2 aromatic rings. The maximum Gasteiger partial charge on any atom is 0.143 e. The van der Waals surface area contributed by atoms with Gasteiger partial charge in [-0.15, -0.1) is 11.3 Å². The van der Waals surface area contributed by atoms with E-state index in [0.29, 0.717) is 11.7 Å². The van der Waals surface area contributed by atoms with Gasteiger partial charge in [0.05, 0.1) is 18.8 Å². The Morgan fingerprint density at radius 1 is 1.37 bits per heavy atom. The molecule has 0 bridgehead atoms. The molecule has 3 nitrogen and oxygen atoms in total. The summed E-state index contributed by atoms with van der Waals surface area (Å²) in [4.78, 5) is 3.93. The number of fused-ring (bicyclic) bond motifs is 1. The summed E-state index contributed by atoms with van der Waals surface area (Å²) in [6.45, 7) is 3.30. The second-order valence-electron chi connectivity index (χ2n) is 4.84. The highest BCUT2D eigenvalue weighted by Gasteiger charge is 2.25. The van der Waals surface area contributed by atoms with Crippen LogP contribution in [-0.2, 0) is 6.42 Å². The molecule has 1 aromatic heterocycles. The molecule has 0 fully saturated rings. The predicted octanol–water partition coefficient (Wildman–Crippen LogP) is 3.46. The zero-order valence-corrected chi connectivity index (χ0v) is 12.0. The number of thiophene rings is 1. The lowest BCUT2D eigenvalue weighted by atomic mass is 10.0. The Morgan fingerprint density at radius 3 is 3.00 bits per heavy atom. The summed E-state index contributed by atoms with van der Waals surface area (Å²) in [6.07, 6.45) is 1.12. The number of ether oxygens (including phenoxy) is 1. The van der Waals surface area contributed by atoms with Crippen LogP contribution in [0.5, 0.6) is 5.75 Å². The van der Waals surface area contributed by atoms with Gasteiger partial charge in [-0.3, -0.25) is 0 Å². The summed E-state index contributed by atoms with van der Waals surface area (Å²) in [5, 5.41) is 2.19. The third-order valence-electron chi connectivity index (χ3n) is 3.83. The Morgan fingerprint density at radius 2 is 2.21 bits per heavy atom. The largest absolute Gasteiger partial charge is 0.495 e. The van der Waals surface area contributed by atoms with Crippen LogP contribution in [0.2, 0.25) is 0 Å². The van der Waals surface area contributed by atoms with Gasteiger partial charge in [-0.2, -0.15) is 0 Å².